The maximum absolute atomic E-state index is 12.5. The van der Waals surface area contributed by atoms with Gasteiger partial charge in [0.15, 0.2) is 0 Å². The monoisotopic (exact) mass is 264 g/mol. The summed E-state index contributed by atoms with van der Waals surface area (Å²) in [5, 5.41) is 3.63. The first-order valence-electron chi connectivity index (χ1n) is 7.30. The number of halogens is 1. The minimum absolute atomic E-state index is 0.0257. The summed E-state index contributed by atoms with van der Waals surface area (Å²) in [5.74, 6) is 0. The van der Waals surface area contributed by atoms with Crippen molar-refractivity contribution in [2.75, 3.05) is 26.3 Å². The average molecular weight is 264 g/mol. The van der Waals surface area contributed by atoms with Crippen LogP contribution in [0.25, 0.3) is 0 Å². The van der Waals surface area contributed by atoms with Crippen LogP contribution in [0.15, 0.2) is 30.3 Å². The quantitative estimate of drug-likeness (QED) is 0.879. The average Bonchev–Trinajstić information content (AvgIpc) is 2.47. The Morgan fingerprint density at radius 1 is 1.37 bits per heavy atom. The van der Waals surface area contributed by atoms with Gasteiger partial charge in [-0.25, -0.2) is 0 Å². The van der Waals surface area contributed by atoms with Crippen LogP contribution in [0, 0.1) is 0 Å². The van der Waals surface area contributed by atoms with Crippen LogP contribution in [-0.4, -0.2) is 37.3 Å². The van der Waals surface area contributed by atoms with Crippen LogP contribution in [0.5, 0.6) is 0 Å². The van der Waals surface area contributed by atoms with Gasteiger partial charge in [-0.3, -0.25) is 9.29 Å². The molecule has 2 unspecified atom stereocenters. The fourth-order valence-electron chi connectivity index (χ4n) is 2.93. The predicted molar refractivity (Wildman–Crippen MR) is 78.0 cm³/mol. The molecule has 0 saturated carbocycles. The maximum Gasteiger partial charge on any atom is 0.0906 e. The summed E-state index contributed by atoms with van der Waals surface area (Å²) in [7, 11) is 0. The van der Waals surface area contributed by atoms with Gasteiger partial charge < -0.3 is 5.32 Å². The lowest BCUT2D eigenvalue weighted by Crippen LogP contribution is -2.61. The van der Waals surface area contributed by atoms with E-state index < -0.39 is 0 Å². The number of alkyl halides is 1. The second-order valence-electron chi connectivity index (χ2n) is 5.61. The van der Waals surface area contributed by atoms with Crippen LogP contribution in [-0.2, 0) is 5.54 Å². The number of nitrogens with zero attached hydrogens (tertiary/aromatic N) is 1. The summed E-state index contributed by atoms with van der Waals surface area (Å²) in [6, 6.07) is 11.1. The van der Waals surface area contributed by atoms with Crippen molar-refractivity contribution in [2.45, 2.75) is 38.3 Å². The highest BCUT2D eigenvalue weighted by Crippen LogP contribution is 2.31. The fraction of sp³-hybridized carbons (Fsp3) is 0.625. The molecule has 0 aromatic heterocycles. The number of piperazine rings is 1. The smallest absolute Gasteiger partial charge is 0.0906 e. The summed E-state index contributed by atoms with van der Waals surface area (Å²) in [6.45, 7) is 7.00. The molecule has 1 N–H and O–H groups in total. The van der Waals surface area contributed by atoms with Crippen molar-refractivity contribution < 1.29 is 4.39 Å². The van der Waals surface area contributed by atoms with Gasteiger partial charge in [-0.15, -0.1) is 0 Å². The van der Waals surface area contributed by atoms with Gasteiger partial charge in [0, 0.05) is 25.7 Å². The number of benzene rings is 1. The lowest BCUT2D eigenvalue weighted by molar-refractivity contribution is 0.0461. The summed E-state index contributed by atoms with van der Waals surface area (Å²) in [4.78, 5) is 2.45. The van der Waals surface area contributed by atoms with Gasteiger partial charge in [0.2, 0.25) is 0 Å². The lowest BCUT2D eigenvalue weighted by Gasteiger charge is -2.48. The minimum Gasteiger partial charge on any atom is -0.311 e. The largest absolute Gasteiger partial charge is 0.311 e. The van der Waals surface area contributed by atoms with Crippen LogP contribution in [0.2, 0.25) is 0 Å². The van der Waals surface area contributed by atoms with Crippen LogP contribution in [0.4, 0.5) is 4.39 Å². The highest BCUT2D eigenvalue weighted by atomic mass is 19.1. The third-order valence-corrected chi connectivity index (χ3v) is 4.32. The second kappa shape index (κ2) is 6.49. The maximum atomic E-state index is 12.5. The molecule has 2 atom stereocenters. The SMILES string of the molecule is CCC1CN(CCCF)C(C)(c2ccccc2)CN1. The molecule has 1 aliphatic heterocycles. The molecule has 1 saturated heterocycles. The molecule has 0 spiro atoms. The zero-order valence-electron chi connectivity index (χ0n) is 12.0. The Morgan fingerprint density at radius 2 is 2.11 bits per heavy atom. The third kappa shape index (κ3) is 3.15. The molecule has 2 nitrogen and oxygen atoms in total. The van der Waals surface area contributed by atoms with E-state index in [-0.39, 0.29) is 12.2 Å². The molecule has 0 amide bonds. The summed E-state index contributed by atoms with van der Waals surface area (Å²) in [6.07, 6.45) is 1.75. The molecule has 1 heterocycles. The molecule has 0 aliphatic carbocycles. The highest BCUT2D eigenvalue weighted by Gasteiger charge is 2.38. The van der Waals surface area contributed by atoms with E-state index in [1.165, 1.54) is 5.56 Å². The van der Waals surface area contributed by atoms with Crippen LogP contribution >= 0.6 is 0 Å². The van der Waals surface area contributed by atoms with Crippen molar-refractivity contribution in [2.24, 2.45) is 0 Å². The van der Waals surface area contributed by atoms with Gasteiger partial charge in [0.05, 0.1) is 12.2 Å². The summed E-state index contributed by atoms with van der Waals surface area (Å²) in [5.41, 5.74) is 1.29. The van der Waals surface area contributed by atoms with Gasteiger partial charge in [-0.1, -0.05) is 37.3 Å². The van der Waals surface area contributed by atoms with Gasteiger partial charge >= 0.3 is 0 Å². The Kier molecular flexibility index (Phi) is 4.94. The summed E-state index contributed by atoms with van der Waals surface area (Å²) >= 11 is 0. The topological polar surface area (TPSA) is 15.3 Å². The van der Waals surface area contributed by atoms with E-state index in [1.807, 2.05) is 6.07 Å². The zero-order chi connectivity index (χ0) is 13.7. The first-order chi connectivity index (χ1) is 9.20. The van der Waals surface area contributed by atoms with Crippen molar-refractivity contribution in [3.63, 3.8) is 0 Å². The van der Waals surface area contributed by atoms with E-state index in [1.54, 1.807) is 0 Å². The number of rotatable bonds is 5. The molecule has 2 rings (SSSR count). The predicted octanol–water partition coefficient (Wildman–Crippen LogP) is 2.95. The third-order valence-electron chi connectivity index (χ3n) is 4.32. The Labute approximate surface area is 116 Å². The Balaban J connectivity index is 2.20. The fourth-order valence-corrected chi connectivity index (χ4v) is 2.93. The van der Waals surface area contributed by atoms with Gasteiger partial charge in [-0.05, 0) is 25.3 Å². The number of nitrogens with one attached hydrogen (secondary N) is 1. The van der Waals surface area contributed by atoms with Crippen LogP contribution < -0.4 is 5.32 Å². The molecule has 1 aliphatic rings. The zero-order valence-corrected chi connectivity index (χ0v) is 12.0. The van der Waals surface area contributed by atoms with E-state index in [9.17, 15) is 4.39 Å². The highest BCUT2D eigenvalue weighted by molar-refractivity contribution is 5.25. The molecule has 0 radical (unpaired) electrons. The van der Waals surface area contributed by atoms with Crippen LogP contribution in [0.1, 0.15) is 32.3 Å². The van der Waals surface area contributed by atoms with Gasteiger partial charge in [0.25, 0.3) is 0 Å². The standard InChI is InChI=1S/C16H25FN2/c1-3-15-12-19(11-7-10-17)16(2,13-18-15)14-8-5-4-6-9-14/h4-6,8-9,15,18H,3,7,10-13H2,1-2H3. The molecule has 3 heteroatoms. The number of hydrogen-bond donors (Lipinski definition) is 1. The van der Waals surface area contributed by atoms with Crippen molar-refractivity contribution in [3.8, 4) is 0 Å². The first kappa shape index (κ1) is 14.5. The van der Waals surface area contributed by atoms with Gasteiger partial charge in [-0.2, -0.15) is 0 Å². The summed E-state index contributed by atoms with van der Waals surface area (Å²) < 4.78 is 12.5. The van der Waals surface area contributed by atoms with Gasteiger partial charge in [0.1, 0.15) is 0 Å². The van der Waals surface area contributed by atoms with Crippen molar-refractivity contribution in [3.05, 3.63) is 35.9 Å². The Bertz CT molecular complexity index is 382. The Morgan fingerprint density at radius 3 is 2.74 bits per heavy atom. The van der Waals surface area contributed by atoms with E-state index in [2.05, 4.69) is 48.3 Å². The van der Waals surface area contributed by atoms with E-state index in [0.717, 1.165) is 26.1 Å². The molecule has 1 aromatic rings. The van der Waals surface area contributed by atoms with Crippen LogP contribution in [0.3, 0.4) is 0 Å². The van der Waals surface area contributed by atoms with E-state index in [4.69, 9.17) is 0 Å². The molecule has 1 fully saturated rings. The Hall–Kier alpha value is -0.930. The molecule has 0 bridgehead atoms. The lowest BCUT2D eigenvalue weighted by atomic mass is 9.86. The van der Waals surface area contributed by atoms with E-state index in [0.29, 0.717) is 12.5 Å². The molecule has 106 valence electrons. The molecular formula is C16H25FN2. The molecule has 1 aromatic carbocycles. The van der Waals surface area contributed by atoms with Crippen molar-refractivity contribution in [1.82, 2.24) is 10.2 Å². The number of hydrogen-bond acceptors (Lipinski definition) is 2. The van der Waals surface area contributed by atoms with Crippen molar-refractivity contribution >= 4 is 0 Å². The minimum atomic E-state index is -0.231. The first-order valence-corrected chi connectivity index (χ1v) is 7.30. The normalized spacial score (nSPS) is 28.5. The molecular weight excluding hydrogens is 239 g/mol. The second-order valence-corrected chi connectivity index (χ2v) is 5.61. The van der Waals surface area contributed by atoms with Crippen molar-refractivity contribution in [1.29, 1.82) is 0 Å². The van der Waals surface area contributed by atoms with E-state index >= 15 is 0 Å². The molecule has 19 heavy (non-hydrogen) atoms.